The highest BCUT2D eigenvalue weighted by Gasteiger charge is 2.07. The van der Waals surface area contributed by atoms with Gasteiger partial charge in [-0.15, -0.1) is 0 Å². The molecule has 0 aliphatic rings. The zero-order chi connectivity index (χ0) is 14.4. The third-order valence-corrected chi connectivity index (χ3v) is 3.11. The van der Waals surface area contributed by atoms with Crippen LogP contribution in [0.15, 0.2) is 47.1 Å². The van der Waals surface area contributed by atoms with Gasteiger partial charge in [-0.1, -0.05) is 24.3 Å². The quantitative estimate of drug-likeness (QED) is 0.848. The Kier molecular flexibility index (Phi) is 4.90. The smallest absolute Gasteiger partial charge is 0.230 e. The Morgan fingerprint density at radius 2 is 2.05 bits per heavy atom. The first-order chi connectivity index (χ1) is 9.65. The zero-order valence-electron chi connectivity index (χ0n) is 11.2. The van der Waals surface area contributed by atoms with Crippen LogP contribution >= 0.6 is 12.2 Å². The number of rotatable bonds is 4. The molecule has 1 aromatic carbocycles. The number of hydrogen-bond donors (Lipinski definition) is 2. The van der Waals surface area contributed by atoms with Gasteiger partial charge < -0.3 is 15.1 Å². The van der Waals surface area contributed by atoms with Gasteiger partial charge in [0, 0.05) is 0 Å². The van der Waals surface area contributed by atoms with E-state index in [-0.39, 0.29) is 5.91 Å². The molecule has 0 aliphatic heterocycles. The summed E-state index contributed by atoms with van der Waals surface area (Å²) in [6.07, 6.45) is 1.91. The van der Waals surface area contributed by atoms with Gasteiger partial charge in [-0.2, -0.15) is 0 Å². The zero-order valence-corrected chi connectivity index (χ0v) is 12.0. The molecule has 5 heteroatoms. The first-order valence-corrected chi connectivity index (χ1v) is 6.70. The van der Waals surface area contributed by atoms with Crippen LogP contribution in [0.25, 0.3) is 0 Å². The molecule has 20 heavy (non-hydrogen) atoms. The Hall–Kier alpha value is -2.14. The summed E-state index contributed by atoms with van der Waals surface area (Å²) >= 11 is 5.07. The number of aryl methyl sites for hydroxylation is 1. The normalized spacial score (nSPS) is 10.1. The Balaban J connectivity index is 1.79. The van der Waals surface area contributed by atoms with Crippen molar-refractivity contribution in [3.05, 3.63) is 59.5 Å². The number of nitrogens with one attached hydrogen (secondary N) is 2. The van der Waals surface area contributed by atoms with E-state index in [2.05, 4.69) is 10.6 Å². The first-order valence-electron chi connectivity index (χ1n) is 6.29. The lowest BCUT2D eigenvalue weighted by atomic mass is 10.1. The number of thiocarbonyl (C=S) groups is 1. The van der Waals surface area contributed by atoms with Crippen molar-refractivity contribution in [2.75, 3.05) is 0 Å². The number of furan rings is 1. The molecule has 104 valence electrons. The van der Waals surface area contributed by atoms with E-state index in [9.17, 15) is 4.79 Å². The minimum Gasteiger partial charge on any atom is -0.467 e. The second-order valence-corrected chi connectivity index (χ2v) is 4.82. The Labute approximate surface area is 123 Å². The fourth-order valence-corrected chi connectivity index (χ4v) is 1.96. The van der Waals surface area contributed by atoms with Gasteiger partial charge in [-0.3, -0.25) is 4.79 Å². The van der Waals surface area contributed by atoms with E-state index >= 15 is 0 Å². The molecule has 0 atom stereocenters. The Morgan fingerprint density at radius 1 is 1.25 bits per heavy atom. The van der Waals surface area contributed by atoms with Crippen molar-refractivity contribution in [3.8, 4) is 0 Å². The minimum absolute atomic E-state index is 0.128. The van der Waals surface area contributed by atoms with Crippen LogP contribution < -0.4 is 10.6 Å². The highest BCUT2D eigenvalue weighted by molar-refractivity contribution is 7.80. The van der Waals surface area contributed by atoms with Gasteiger partial charge in [-0.25, -0.2) is 0 Å². The van der Waals surface area contributed by atoms with Crippen LogP contribution in [0.1, 0.15) is 16.9 Å². The molecule has 0 spiro atoms. The lowest BCUT2D eigenvalue weighted by molar-refractivity contribution is -0.119. The molecule has 2 N–H and O–H groups in total. The van der Waals surface area contributed by atoms with E-state index in [1.807, 2.05) is 37.3 Å². The molecule has 2 rings (SSSR count). The summed E-state index contributed by atoms with van der Waals surface area (Å²) in [7, 11) is 0. The van der Waals surface area contributed by atoms with E-state index in [1.54, 1.807) is 12.3 Å². The third-order valence-electron chi connectivity index (χ3n) is 2.87. The predicted molar refractivity (Wildman–Crippen MR) is 81.2 cm³/mol. The second kappa shape index (κ2) is 6.86. The Bertz CT molecular complexity index is 594. The van der Waals surface area contributed by atoms with E-state index in [1.165, 1.54) is 0 Å². The van der Waals surface area contributed by atoms with Crippen LogP contribution in [0.2, 0.25) is 0 Å². The third kappa shape index (κ3) is 4.20. The molecule has 1 aromatic heterocycles. The highest BCUT2D eigenvalue weighted by atomic mass is 32.1. The maximum absolute atomic E-state index is 11.9. The van der Waals surface area contributed by atoms with Crippen molar-refractivity contribution in [2.24, 2.45) is 0 Å². The molecular formula is C15H16N2O2S. The van der Waals surface area contributed by atoms with E-state index < -0.39 is 0 Å². The second-order valence-electron chi connectivity index (χ2n) is 4.41. The van der Waals surface area contributed by atoms with Crippen molar-refractivity contribution < 1.29 is 9.21 Å². The van der Waals surface area contributed by atoms with Gasteiger partial charge in [0.15, 0.2) is 5.11 Å². The van der Waals surface area contributed by atoms with Crippen LogP contribution in [0.3, 0.4) is 0 Å². The molecule has 0 radical (unpaired) electrons. The van der Waals surface area contributed by atoms with Gasteiger partial charge >= 0.3 is 0 Å². The van der Waals surface area contributed by atoms with Gasteiger partial charge in [-0.05, 0) is 42.4 Å². The fraction of sp³-hybridized carbons (Fsp3) is 0.200. The summed E-state index contributed by atoms with van der Waals surface area (Å²) < 4.78 is 5.17. The average Bonchev–Trinajstić information content (AvgIpc) is 2.92. The highest BCUT2D eigenvalue weighted by Crippen LogP contribution is 2.07. The number of benzene rings is 1. The maximum Gasteiger partial charge on any atom is 0.230 e. The maximum atomic E-state index is 11.9. The molecule has 2 aromatic rings. The molecular weight excluding hydrogens is 272 g/mol. The minimum atomic E-state index is -0.128. The summed E-state index contributed by atoms with van der Waals surface area (Å²) in [5.74, 6) is 0.636. The Morgan fingerprint density at radius 3 is 2.75 bits per heavy atom. The van der Waals surface area contributed by atoms with Crippen LogP contribution in [0.4, 0.5) is 0 Å². The molecule has 0 unspecified atom stereocenters. The lowest BCUT2D eigenvalue weighted by Crippen LogP contribution is -2.39. The number of carbonyl (C=O) groups is 1. The molecule has 0 aliphatic carbocycles. The predicted octanol–water partition coefficient (Wildman–Crippen LogP) is 2.32. The van der Waals surface area contributed by atoms with Gasteiger partial charge in [0.2, 0.25) is 5.91 Å². The van der Waals surface area contributed by atoms with Crippen LogP contribution in [0.5, 0.6) is 0 Å². The van der Waals surface area contributed by atoms with Gasteiger partial charge in [0.25, 0.3) is 0 Å². The molecule has 0 fully saturated rings. The number of carbonyl (C=O) groups excluding carboxylic acids is 1. The van der Waals surface area contributed by atoms with Crippen LogP contribution in [-0.2, 0) is 17.8 Å². The number of amides is 1. The summed E-state index contributed by atoms with van der Waals surface area (Å²) in [5, 5.41) is 5.89. The SMILES string of the molecule is Cc1ccccc1CC(=O)NC(=S)NCc1ccco1. The van der Waals surface area contributed by atoms with Crippen molar-refractivity contribution in [3.63, 3.8) is 0 Å². The summed E-state index contributed by atoms with van der Waals surface area (Å²) in [6.45, 7) is 2.44. The molecule has 4 nitrogen and oxygen atoms in total. The molecule has 0 saturated carbocycles. The van der Waals surface area contributed by atoms with Crippen molar-refractivity contribution in [1.82, 2.24) is 10.6 Å². The van der Waals surface area contributed by atoms with Gasteiger partial charge in [0.1, 0.15) is 5.76 Å². The fourth-order valence-electron chi connectivity index (χ4n) is 1.78. The van der Waals surface area contributed by atoms with Crippen molar-refractivity contribution in [1.29, 1.82) is 0 Å². The molecule has 0 saturated heterocycles. The average molecular weight is 288 g/mol. The van der Waals surface area contributed by atoms with Crippen molar-refractivity contribution >= 4 is 23.2 Å². The first kappa shape index (κ1) is 14.3. The van der Waals surface area contributed by atoms with E-state index in [4.69, 9.17) is 16.6 Å². The topological polar surface area (TPSA) is 54.3 Å². The monoisotopic (exact) mass is 288 g/mol. The van der Waals surface area contributed by atoms with Gasteiger partial charge in [0.05, 0.1) is 19.2 Å². The lowest BCUT2D eigenvalue weighted by Gasteiger charge is -2.09. The standard InChI is InChI=1S/C15H16N2O2S/c1-11-5-2-3-6-12(11)9-14(18)17-15(20)16-10-13-7-4-8-19-13/h2-8H,9-10H2,1H3,(H2,16,17,18,20). The molecule has 0 bridgehead atoms. The molecule has 1 amide bonds. The van der Waals surface area contributed by atoms with Crippen molar-refractivity contribution in [2.45, 2.75) is 19.9 Å². The van der Waals surface area contributed by atoms with E-state index in [0.717, 1.165) is 16.9 Å². The summed E-state index contributed by atoms with van der Waals surface area (Å²) in [6, 6.07) is 11.4. The van der Waals surface area contributed by atoms with Crippen LogP contribution in [-0.4, -0.2) is 11.0 Å². The summed E-state index contributed by atoms with van der Waals surface area (Å²) in [4.78, 5) is 11.9. The molecule has 1 heterocycles. The van der Waals surface area contributed by atoms with E-state index in [0.29, 0.717) is 18.1 Å². The summed E-state index contributed by atoms with van der Waals surface area (Å²) in [5.41, 5.74) is 2.09. The number of hydrogen-bond acceptors (Lipinski definition) is 3. The van der Waals surface area contributed by atoms with Crippen LogP contribution in [0, 0.1) is 6.92 Å². The largest absolute Gasteiger partial charge is 0.467 e.